The minimum Gasteiger partial charge on any atom is -0.465 e. The van der Waals surface area contributed by atoms with Crippen LogP contribution in [0.1, 0.15) is 26.3 Å². The van der Waals surface area contributed by atoms with Crippen LogP contribution in [0.2, 0.25) is 5.02 Å². The van der Waals surface area contributed by atoms with Crippen molar-refractivity contribution in [3.8, 4) is 0 Å². The van der Waals surface area contributed by atoms with Crippen molar-refractivity contribution in [2.45, 2.75) is 11.1 Å². The number of nitrogens with one attached hydrogen (secondary N) is 1. The maximum absolute atomic E-state index is 13.0. The third-order valence-corrected chi connectivity index (χ3v) is 5.27. The van der Waals surface area contributed by atoms with Gasteiger partial charge in [-0.3, -0.25) is 4.72 Å². The van der Waals surface area contributed by atoms with E-state index in [0.29, 0.717) is 6.07 Å². The van der Waals surface area contributed by atoms with Crippen LogP contribution in [0.3, 0.4) is 0 Å². The number of carbonyl (C=O) groups is 2. The van der Waals surface area contributed by atoms with Gasteiger partial charge < -0.3 is 9.47 Å². The summed E-state index contributed by atoms with van der Waals surface area (Å²) in [6.45, 7) is 0. The Bertz CT molecular complexity index is 1040. The molecular weight excluding hydrogens is 439 g/mol. The normalized spacial score (nSPS) is 11.7. The standard InChI is InChI=1S/C17H13ClF3NO6S/c1-27-15(23)9-5-10(16(24)28-2)7-12(6-9)29(25,26)22-11-3-4-14(18)13(8-11)17(19,20)21/h3-8,22H,1-2H3. The number of anilines is 1. The van der Waals surface area contributed by atoms with E-state index in [1.165, 1.54) is 0 Å². The lowest BCUT2D eigenvalue weighted by molar-refractivity contribution is -0.137. The second-order valence-corrected chi connectivity index (χ2v) is 7.62. The molecule has 0 aromatic heterocycles. The largest absolute Gasteiger partial charge is 0.465 e. The molecule has 0 heterocycles. The smallest absolute Gasteiger partial charge is 0.417 e. The van der Waals surface area contributed by atoms with Gasteiger partial charge in [0.05, 0.1) is 40.8 Å². The predicted molar refractivity (Wildman–Crippen MR) is 96.4 cm³/mol. The van der Waals surface area contributed by atoms with Crippen LogP contribution < -0.4 is 4.72 Å². The number of carbonyl (C=O) groups excluding carboxylic acids is 2. The van der Waals surface area contributed by atoms with E-state index in [4.69, 9.17) is 11.6 Å². The van der Waals surface area contributed by atoms with Gasteiger partial charge in [-0.05, 0) is 36.4 Å². The van der Waals surface area contributed by atoms with Gasteiger partial charge in [-0.1, -0.05) is 11.6 Å². The molecule has 0 aliphatic rings. The van der Waals surface area contributed by atoms with Gasteiger partial charge in [-0.25, -0.2) is 18.0 Å². The molecular formula is C17H13ClF3NO6S. The molecule has 0 unspecified atom stereocenters. The zero-order chi connectivity index (χ0) is 22.0. The second kappa shape index (κ2) is 8.29. The number of benzene rings is 2. The highest BCUT2D eigenvalue weighted by atomic mass is 35.5. The number of halogens is 4. The first-order chi connectivity index (χ1) is 13.4. The first-order valence-corrected chi connectivity index (χ1v) is 9.46. The molecule has 0 amide bonds. The van der Waals surface area contributed by atoms with Crippen LogP contribution in [-0.2, 0) is 25.7 Å². The van der Waals surface area contributed by atoms with E-state index in [1.54, 1.807) is 0 Å². The van der Waals surface area contributed by atoms with E-state index < -0.39 is 49.3 Å². The Hall–Kier alpha value is -2.79. The van der Waals surface area contributed by atoms with Crippen molar-refractivity contribution in [3.63, 3.8) is 0 Å². The van der Waals surface area contributed by atoms with Gasteiger partial charge in [0.15, 0.2) is 0 Å². The van der Waals surface area contributed by atoms with E-state index in [2.05, 4.69) is 9.47 Å². The molecule has 2 rings (SSSR count). The summed E-state index contributed by atoms with van der Waals surface area (Å²) in [6, 6.07) is 5.29. The van der Waals surface area contributed by atoms with Gasteiger partial charge in [-0.2, -0.15) is 13.2 Å². The minimum absolute atomic E-state index is 0.275. The SMILES string of the molecule is COC(=O)c1cc(C(=O)OC)cc(S(=O)(=O)Nc2ccc(Cl)c(C(F)(F)F)c2)c1. The third kappa shape index (κ3) is 5.18. The summed E-state index contributed by atoms with van der Waals surface area (Å²) in [4.78, 5) is 23.0. The predicted octanol–water partition coefficient (Wildman–Crippen LogP) is 3.73. The average Bonchev–Trinajstić information content (AvgIpc) is 2.66. The highest BCUT2D eigenvalue weighted by molar-refractivity contribution is 7.92. The lowest BCUT2D eigenvalue weighted by atomic mass is 10.1. The van der Waals surface area contributed by atoms with E-state index in [1.807, 2.05) is 4.72 Å². The molecule has 0 aliphatic heterocycles. The van der Waals surface area contributed by atoms with Crippen LogP contribution in [0.15, 0.2) is 41.3 Å². The quantitative estimate of drug-likeness (QED) is 0.695. The summed E-state index contributed by atoms with van der Waals surface area (Å²) >= 11 is 5.51. The maximum atomic E-state index is 13.0. The van der Waals surface area contributed by atoms with E-state index >= 15 is 0 Å². The fourth-order valence-electron chi connectivity index (χ4n) is 2.25. The monoisotopic (exact) mass is 451 g/mol. The summed E-state index contributed by atoms with van der Waals surface area (Å²) < 4.78 is 75.2. The number of esters is 2. The average molecular weight is 452 g/mol. The van der Waals surface area contributed by atoms with Gasteiger partial charge in [0, 0.05) is 5.69 Å². The van der Waals surface area contributed by atoms with Crippen LogP contribution in [0, 0.1) is 0 Å². The number of rotatable bonds is 5. The first kappa shape index (κ1) is 22.5. The van der Waals surface area contributed by atoms with Crippen molar-refractivity contribution in [2.75, 3.05) is 18.9 Å². The number of methoxy groups -OCH3 is 2. The second-order valence-electron chi connectivity index (χ2n) is 5.53. The lowest BCUT2D eigenvalue weighted by Crippen LogP contribution is -2.16. The highest BCUT2D eigenvalue weighted by Gasteiger charge is 2.33. The van der Waals surface area contributed by atoms with Gasteiger partial charge in [0.1, 0.15) is 0 Å². The van der Waals surface area contributed by atoms with Gasteiger partial charge >= 0.3 is 18.1 Å². The molecule has 29 heavy (non-hydrogen) atoms. The first-order valence-electron chi connectivity index (χ1n) is 7.60. The zero-order valence-corrected chi connectivity index (χ0v) is 16.4. The van der Waals surface area contributed by atoms with E-state index in [-0.39, 0.29) is 11.1 Å². The Kier molecular flexibility index (Phi) is 6.43. The Labute approximate surface area is 168 Å². The molecule has 0 radical (unpaired) electrons. The number of alkyl halides is 3. The van der Waals surface area contributed by atoms with Crippen molar-refractivity contribution in [2.24, 2.45) is 0 Å². The van der Waals surface area contributed by atoms with Crippen molar-refractivity contribution in [3.05, 3.63) is 58.1 Å². The molecule has 0 saturated carbocycles. The lowest BCUT2D eigenvalue weighted by Gasteiger charge is -2.14. The Morgan fingerprint density at radius 1 is 0.966 bits per heavy atom. The summed E-state index contributed by atoms with van der Waals surface area (Å²) in [5.41, 5.74) is -2.21. The summed E-state index contributed by atoms with van der Waals surface area (Å²) in [6.07, 6.45) is -4.80. The van der Waals surface area contributed by atoms with Crippen LogP contribution in [0.25, 0.3) is 0 Å². The summed E-state index contributed by atoms with van der Waals surface area (Å²) in [5, 5.41) is -0.610. The molecule has 0 atom stereocenters. The van der Waals surface area contributed by atoms with E-state index in [9.17, 15) is 31.2 Å². The van der Waals surface area contributed by atoms with Crippen LogP contribution >= 0.6 is 11.6 Å². The zero-order valence-electron chi connectivity index (χ0n) is 14.8. The highest BCUT2D eigenvalue weighted by Crippen LogP contribution is 2.36. The van der Waals surface area contributed by atoms with Crippen molar-refractivity contribution >= 4 is 39.3 Å². The molecule has 0 saturated heterocycles. The van der Waals surface area contributed by atoms with Crippen LogP contribution in [0.5, 0.6) is 0 Å². The minimum atomic E-state index is -4.80. The summed E-state index contributed by atoms with van der Waals surface area (Å²) in [5.74, 6) is -1.86. The molecule has 1 N–H and O–H groups in total. The van der Waals surface area contributed by atoms with Crippen LogP contribution in [-0.4, -0.2) is 34.6 Å². The Balaban J connectivity index is 2.53. The summed E-state index contributed by atoms with van der Waals surface area (Å²) in [7, 11) is -2.40. The van der Waals surface area contributed by atoms with Gasteiger partial charge in [0.2, 0.25) is 0 Å². The molecule has 12 heteroatoms. The number of ether oxygens (including phenoxy) is 2. The molecule has 0 aliphatic carbocycles. The number of sulfonamides is 1. The van der Waals surface area contributed by atoms with Crippen molar-refractivity contribution in [1.29, 1.82) is 0 Å². The van der Waals surface area contributed by atoms with Gasteiger partial charge in [-0.15, -0.1) is 0 Å². The number of hydrogen-bond donors (Lipinski definition) is 1. The maximum Gasteiger partial charge on any atom is 0.417 e. The van der Waals surface area contributed by atoms with Gasteiger partial charge in [0.25, 0.3) is 10.0 Å². The number of hydrogen-bond acceptors (Lipinski definition) is 6. The molecule has 0 fully saturated rings. The molecule has 2 aromatic carbocycles. The molecule has 156 valence electrons. The molecule has 2 aromatic rings. The fourth-order valence-corrected chi connectivity index (χ4v) is 3.59. The van der Waals surface area contributed by atoms with Crippen LogP contribution in [0.4, 0.5) is 18.9 Å². The van der Waals surface area contributed by atoms with Crippen molar-refractivity contribution in [1.82, 2.24) is 0 Å². The fraction of sp³-hybridized carbons (Fsp3) is 0.176. The molecule has 0 bridgehead atoms. The Morgan fingerprint density at radius 2 is 1.48 bits per heavy atom. The van der Waals surface area contributed by atoms with Crippen molar-refractivity contribution < 1.29 is 40.7 Å². The Morgan fingerprint density at radius 3 is 1.93 bits per heavy atom. The topological polar surface area (TPSA) is 98.8 Å². The molecule has 7 nitrogen and oxygen atoms in total. The van der Waals surface area contributed by atoms with E-state index in [0.717, 1.165) is 44.6 Å². The third-order valence-electron chi connectivity index (χ3n) is 3.58. The molecule has 0 spiro atoms.